The minimum Gasteiger partial charge on any atom is -0.494 e. The largest absolute Gasteiger partial charge is 0.494 e. The summed E-state index contributed by atoms with van der Waals surface area (Å²) in [5, 5.41) is 6.61. The van der Waals surface area contributed by atoms with Crippen molar-refractivity contribution in [1.82, 2.24) is 15.2 Å². The first kappa shape index (κ1) is 19.2. The number of nitrogens with zero attached hydrogens (tertiary/aromatic N) is 3. The van der Waals surface area contributed by atoms with Crippen molar-refractivity contribution in [3.8, 4) is 5.75 Å². The number of benzene rings is 1. The third-order valence-electron chi connectivity index (χ3n) is 3.71. The molecule has 0 aliphatic heterocycles. The number of thiazole rings is 1. The highest BCUT2D eigenvalue weighted by Gasteiger charge is 2.08. The molecular formula is C19H28N4OS. The molecule has 0 amide bonds. The lowest BCUT2D eigenvalue weighted by molar-refractivity contribution is 0.317. The molecule has 6 heteroatoms. The SMILES string of the molecule is CCCOc1cccc(CCNC(=NC)N(C)Cc2csc(C)n2)c1. The molecule has 0 saturated carbocycles. The zero-order valence-corrected chi connectivity index (χ0v) is 16.4. The van der Waals surface area contributed by atoms with Crippen LogP contribution >= 0.6 is 11.3 Å². The Labute approximate surface area is 154 Å². The first-order valence-corrected chi connectivity index (χ1v) is 9.55. The number of hydrogen-bond donors (Lipinski definition) is 1. The average Bonchev–Trinajstić information content (AvgIpc) is 3.02. The number of aliphatic imine (C=N–C) groups is 1. The Morgan fingerprint density at radius 3 is 2.92 bits per heavy atom. The summed E-state index contributed by atoms with van der Waals surface area (Å²) in [4.78, 5) is 11.0. The first-order valence-electron chi connectivity index (χ1n) is 8.67. The maximum Gasteiger partial charge on any atom is 0.193 e. The van der Waals surface area contributed by atoms with Gasteiger partial charge in [-0.05, 0) is 37.5 Å². The number of guanidine groups is 1. The molecule has 1 heterocycles. The standard InChI is InChI=1S/C19H28N4OS/c1-5-11-24-18-8-6-7-16(12-18)9-10-21-19(20-3)23(4)13-17-14-25-15(2)22-17/h6-8,12,14H,5,9-11,13H2,1-4H3,(H,20,21). The van der Waals surface area contributed by atoms with Crippen molar-refractivity contribution < 1.29 is 4.74 Å². The minimum atomic E-state index is 0.754. The average molecular weight is 361 g/mol. The van der Waals surface area contributed by atoms with E-state index in [0.29, 0.717) is 0 Å². The molecule has 2 rings (SSSR count). The van der Waals surface area contributed by atoms with Gasteiger partial charge in [0.1, 0.15) is 5.75 Å². The van der Waals surface area contributed by atoms with E-state index in [-0.39, 0.29) is 0 Å². The Hall–Kier alpha value is -2.08. The maximum absolute atomic E-state index is 5.69. The van der Waals surface area contributed by atoms with Crippen LogP contribution in [0.5, 0.6) is 5.75 Å². The van der Waals surface area contributed by atoms with Gasteiger partial charge in [0, 0.05) is 26.0 Å². The molecule has 0 atom stereocenters. The van der Waals surface area contributed by atoms with Gasteiger partial charge < -0.3 is 15.0 Å². The molecule has 25 heavy (non-hydrogen) atoms. The van der Waals surface area contributed by atoms with Gasteiger partial charge in [-0.1, -0.05) is 19.1 Å². The van der Waals surface area contributed by atoms with E-state index in [0.717, 1.165) is 54.9 Å². The molecule has 0 radical (unpaired) electrons. The molecule has 0 spiro atoms. The van der Waals surface area contributed by atoms with Crippen LogP contribution in [0.3, 0.4) is 0 Å². The molecule has 0 saturated heterocycles. The number of hydrogen-bond acceptors (Lipinski definition) is 4. The van der Waals surface area contributed by atoms with Crippen LogP contribution < -0.4 is 10.1 Å². The van der Waals surface area contributed by atoms with Crippen LogP contribution in [-0.4, -0.2) is 43.1 Å². The molecule has 5 nitrogen and oxygen atoms in total. The topological polar surface area (TPSA) is 49.8 Å². The zero-order valence-electron chi connectivity index (χ0n) is 15.6. The molecular weight excluding hydrogens is 332 g/mol. The highest BCUT2D eigenvalue weighted by Crippen LogP contribution is 2.14. The summed E-state index contributed by atoms with van der Waals surface area (Å²) >= 11 is 1.68. The quantitative estimate of drug-likeness (QED) is 0.578. The van der Waals surface area contributed by atoms with Crippen LogP contribution in [0.15, 0.2) is 34.6 Å². The number of aromatic nitrogens is 1. The fraction of sp³-hybridized carbons (Fsp3) is 0.474. The molecule has 1 aromatic heterocycles. The summed E-state index contributed by atoms with van der Waals surface area (Å²) in [6, 6.07) is 8.30. The molecule has 0 fully saturated rings. The van der Waals surface area contributed by atoms with E-state index in [9.17, 15) is 0 Å². The molecule has 0 aliphatic rings. The Kier molecular flexibility index (Phi) is 7.73. The van der Waals surface area contributed by atoms with Crippen LogP contribution in [-0.2, 0) is 13.0 Å². The Bertz CT molecular complexity index is 684. The number of nitrogens with one attached hydrogen (secondary N) is 1. The summed E-state index contributed by atoms with van der Waals surface area (Å²) in [6.45, 7) is 6.48. The van der Waals surface area contributed by atoms with Crippen LogP contribution in [0.1, 0.15) is 29.6 Å². The van der Waals surface area contributed by atoms with Gasteiger partial charge in [0.15, 0.2) is 5.96 Å². The summed E-state index contributed by atoms with van der Waals surface area (Å²) in [6.07, 6.45) is 1.94. The van der Waals surface area contributed by atoms with Gasteiger partial charge in [-0.25, -0.2) is 4.98 Å². The maximum atomic E-state index is 5.69. The lowest BCUT2D eigenvalue weighted by atomic mass is 10.1. The van der Waals surface area contributed by atoms with Crippen LogP contribution in [0.2, 0.25) is 0 Å². The lowest BCUT2D eigenvalue weighted by Crippen LogP contribution is -2.39. The highest BCUT2D eigenvalue weighted by atomic mass is 32.1. The molecule has 1 N–H and O–H groups in total. The van der Waals surface area contributed by atoms with Crippen molar-refractivity contribution >= 4 is 17.3 Å². The van der Waals surface area contributed by atoms with Gasteiger partial charge in [0.2, 0.25) is 0 Å². The van der Waals surface area contributed by atoms with Crippen molar-refractivity contribution in [2.24, 2.45) is 4.99 Å². The molecule has 136 valence electrons. The summed E-state index contributed by atoms with van der Waals surface area (Å²) in [5.41, 5.74) is 2.34. The fourth-order valence-corrected chi connectivity index (χ4v) is 3.12. The van der Waals surface area contributed by atoms with Gasteiger partial charge in [-0.2, -0.15) is 0 Å². The van der Waals surface area contributed by atoms with E-state index in [1.807, 2.05) is 33.2 Å². The summed E-state index contributed by atoms with van der Waals surface area (Å²) < 4.78 is 5.69. The monoisotopic (exact) mass is 360 g/mol. The smallest absolute Gasteiger partial charge is 0.193 e. The lowest BCUT2D eigenvalue weighted by Gasteiger charge is -2.21. The summed E-state index contributed by atoms with van der Waals surface area (Å²) in [5.74, 6) is 1.82. The molecule has 2 aromatic rings. The summed E-state index contributed by atoms with van der Waals surface area (Å²) in [7, 11) is 3.84. The number of ether oxygens (including phenoxy) is 1. The van der Waals surface area contributed by atoms with Gasteiger partial charge in [0.05, 0.1) is 23.9 Å². The highest BCUT2D eigenvalue weighted by molar-refractivity contribution is 7.09. The van der Waals surface area contributed by atoms with Crippen molar-refractivity contribution in [3.63, 3.8) is 0 Å². The van der Waals surface area contributed by atoms with Gasteiger partial charge >= 0.3 is 0 Å². The van der Waals surface area contributed by atoms with E-state index >= 15 is 0 Å². The second kappa shape index (κ2) is 10.0. The van der Waals surface area contributed by atoms with Gasteiger partial charge in [-0.3, -0.25) is 4.99 Å². The zero-order chi connectivity index (χ0) is 18.1. The number of rotatable bonds is 8. The Balaban J connectivity index is 1.82. The third-order valence-corrected chi connectivity index (χ3v) is 4.53. The van der Waals surface area contributed by atoms with E-state index in [1.165, 1.54) is 5.56 Å². The fourth-order valence-electron chi connectivity index (χ4n) is 2.51. The van der Waals surface area contributed by atoms with Crippen LogP contribution in [0, 0.1) is 6.92 Å². The Morgan fingerprint density at radius 2 is 2.24 bits per heavy atom. The van der Waals surface area contributed by atoms with Gasteiger partial charge in [-0.15, -0.1) is 11.3 Å². The van der Waals surface area contributed by atoms with Crippen LogP contribution in [0.25, 0.3) is 0 Å². The molecule has 0 unspecified atom stereocenters. The molecule has 0 aliphatic carbocycles. The van der Waals surface area contributed by atoms with Crippen LogP contribution in [0.4, 0.5) is 0 Å². The second-order valence-electron chi connectivity index (χ2n) is 5.93. The van der Waals surface area contributed by atoms with E-state index in [1.54, 1.807) is 11.3 Å². The molecule has 1 aromatic carbocycles. The molecule has 0 bridgehead atoms. The van der Waals surface area contributed by atoms with Crippen molar-refractivity contribution in [2.45, 2.75) is 33.2 Å². The number of aryl methyl sites for hydroxylation is 1. The third kappa shape index (κ3) is 6.38. The van der Waals surface area contributed by atoms with E-state index < -0.39 is 0 Å². The minimum absolute atomic E-state index is 0.754. The van der Waals surface area contributed by atoms with Crippen molar-refractivity contribution in [3.05, 3.63) is 45.9 Å². The van der Waals surface area contributed by atoms with E-state index in [4.69, 9.17) is 4.74 Å². The predicted molar refractivity (Wildman–Crippen MR) is 106 cm³/mol. The first-order chi connectivity index (χ1) is 12.1. The second-order valence-corrected chi connectivity index (χ2v) is 7.00. The van der Waals surface area contributed by atoms with Crippen molar-refractivity contribution in [1.29, 1.82) is 0 Å². The Morgan fingerprint density at radius 1 is 1.40 bits per heavy atom. The van der Waals surface area contributed by atoms with Gasteiger partial charge in [0.25, 0.3) is 0 Å². The van der Waals surface area contributed by atoms with Crippen molar-refractivity contribution in [2.75, 3.05) is 27.2 Å². The predicted octanol–water partition coefficient (Wildman–Crippen LogP) is 3.49. The normalized spacial score (nSPS) is 11.4. The van der Waals surface area contributed by atoms with E-state index in [2.05, 4.69) is 44.6 Å².